The summed E-state index contributed by atoms with van der Waals surface area (Å²) in [5, 5.41) is 3.42. The minimum absolute atomic E-state index is 0.133. The molecule has 1 aliphatic rings. The van der Waals surface area contributed by atoms with Crippen molar-refractivity contribution in [2.45, 2.75) is 51.5 Å². The van der Waals surface area contributed by atoms with Crippen molar-refractivity contribution in [3.05, 3.63) is 0 Å². The summed E-state index contributed by atoms with van der Waals surface area (Å²) < 4.78 is 36.6. The number of rotatable bonds is 8. The minimum Gasteiger partial charge on any atom is -0.316 e. The van der Waals surface area contributed by atoms with Crippen LogP contribution in [0.1, 0.15) is 46.0 Å². The Labute approximate surface area is 119 Å². The van der Waals surface area contributed by atoms with Gasteiger partial charge in [0.05, 0.1) is 0 Å². The van der Waals surface area contributed by atoms with Gasteiger partial charge in [-0.2, -0.15) is 13.2 Å². The molecule has 1 fully saturated rings. The summed E-state index contributed by atoms with van der Waals surface area (Å²) in [5.41, 5.74) is -4.08. The van der Waals surface area contributed by atoms with Crippen LogP contribution in [0.4, 0.5) is 13.2 Å². The van der Waals surface area contributed by atoms with Gasteiger partial charge in [-0.05, 0) is 37.3 Å². The monoisotopic (exact) mass is 297 g/mol. The molecule has 0 aromatic carbocycles. The van der Waals surface area contributed by atoms with Gasteiger partial charge in [0.2, 0.25) is 0 Å². The van der Waals surface area contributed by atoms with Gasteiger partial charge in [-0.15, -0.1) is 0 Å². The first-order chi connectivity index (χ1) is 8.88. The highest BCUT2D eigenvalue weighted by Gasteiger charge is 2.30. The Morgan fingerprint density at radius 3 is 2.32 bits per heavy atom. The normalized spacial score (nSPS) is 19.3. The molecule has 1 unspecified atom stereocenters. The van der Waals surface area contributed by atoms with Crippen molar-refractivity contribution in [3.8, 4) is 0 Å². The minimum atomic E-state index is -4.08. The lowest BCUT2D eigenvalue weighted by molar-refractivity contribution is -0.0328. The van der Waals surface area contributed by atoms with E-state index in [4.69, 9.17) is 0 Å². The zero-order valence-electron chi connectivity index (χ0n) is 11.9. The second-order valence-corrected chi connectivity index (χ2v) is 7.10. The lowest BCUT2D eigenvalue weighted by Gasteiger charge is -2.24. The Balaban J connectivity index is 2.31. The van der Waals surface area contributed by atoms with Gasteiger partial charge in [-0.3, -0.25) is 0 Å². The van der Waals surface area contributed by atoms with Crippen LogP contribution in [0.3, 0.4) is 0 Å². The average molecular weight is 297 g/mol. The van der Waals surface area contributed by atoms with Crippen LogP contribution in [0.25, 0.3) is 0 Å². The smallest absolute Gasteiger partial charge is 0.316 e. The molecular weight excluding hydrogens is 271 g/mol. The molecule has 1 rings (SSSR count). The zero-order chi connectivity index (χ0) is 14.3. The Morgan fingerprint density at radius 1 is 1.16 bits per heavy atom. The Bertz CT molecular complexity index is 237. The highest BCUT2D eigenvalue weighted by Crippen LogP contribution is 2.36. The van der Waals surface area contributed by atoms with Crippen LogP contribution in [-0.4, -0.2) is 24.4 Å². The van der Waals surface area contributed by atoms with Crippen molar-refractivity contribution in [2.24, 2.45) is 17.8 Å². The molecule has 19 heavy (non-hydrogen) atoms. The van der Waals surface area contributed by atoms with Crippen LogP contribution < -0.4 is 5.32 Å². The molecule has 1 saturated carbocycles. The molecule has 0 aliphatic heterocycles. The molecule has 0 radical (unpaired) electrons. The topological polar surface area (TPSA) is 12.0 Å². The second-order valence-electron chi connectivity index (χ2n) is 5.94. The predicted molar refractivity (Wildman–Crippen MR) is 76.3 cm³/mol. The highest BCUT2D eigenvalue weighted by atomic mass is 32.2. The maximum Gasteiger partial charge on any atom is 0.441 e. The standard InChI is InChI=1S/C14H26F3NS/c1-11(2)9-18-10-13(12-5-3-4-6-12)7-8-19-14(15,16)17/h11-13,18H,3-10H2,1-2H3. The lowest BCUT2D eigenvalue weighted by Crippen LogP contribution is -2.30. The predicted octanol–water partition coefficient (Wildman–Crippen LogP) is 4.68. The number of hydrogen-bond donors (Lipinski definition) is 1. The summed E-state index contributed by atoms with van der Waals surface area (Å²) in [6, 6.07) is 0. The van der Waals surface area contributed by atoms with Crippen LogP contribution >= 0.6 is 11.8 Å². The van der Waals surface area contributed by atoms with E-state index in [1.165, 1.54) is 25.7 Å². The molecule has 1 N–H and O–H groups in total. The third-order valence-corrected chi connectivity index (χ3v) is 4.55. The van der Waals surface area contributed by atoms with Gasteiger partial charge in [0, 0.05) is 5.75 Å². The van der Waals surface area contributed by atoms with E-state index in [1.807, 2.05) is 0 Å². The van der Waals surface area contributed by atoms with Crippen LogP contribution in [0.15, 0.2) is 0 Å². The summed E-state index contributed by atoms with van der Waals surface area (Å²) >= 11 is 0.133. The molecule has 1 atom stereocenters. The van der Waals surface area contributed by atoms with Crippen LogP contribution in [0.2, 0.25) is 0 Å². The van der Waals surface area contributed by atoms with Crippen molar-refractivity contribution in [3.63, 3.8) is 0 Å². The summed E-state index contributed by atoms with van der Waals surface area (Å²) in [4.78, 5) is 0. The summed E-state index contributed by atoms with van der Waals surface area (Å²) in [6.07, 6.45) is 5.57. The third-order valence-electron chi connectivity index (χ3n) is 3.78. The fourth-order valence-corrected chi connectivity index (χ4v) is 3.47. The molecule has 0 aromatic rings. The van der Waals surface area contributed by atoms with Crippen molar-refractivity contribution < 1.29 is 13.2 Å². The first-order valence-electron chi connectivity index (χ1n) is 7.30. The van der Waals surface area contributed by atoms with Crippen LogP contribution in [0, 0.1) is 17.8 Å². The largest absolute Gasteiger partial charge is 0.441 e. The molecule has 0 aromatic heterocycles. The van der Waals surface area contributed by atoms with E-state index < -0.39 is 5.51 Å². The maximum atomic E-state index is 12.2. The van der Waals surface area contributed by atoms with Crippen LogP contribution in [0.5, 0.6) is 0 Å². The summed E-state index contributed by atoms with van der Waals surface area (Å²) in [5.74, 6) is 1.84. The van der Waals surface area contributed by atoms with Gasteiger partial charge in [0.25, 0.3) is 0 Å². The lowest BCUT2D eigenvalue weighted by atomic mass is 9.88. The summed E-state index contributed by atoms with van der Waals surface area (Å²) in [7, 11) is 0. The van der Waals surface area contributed by atoms with E-state index >= 15 is 0 Å². The first kappa shape index (κ1) is 17.2. The van der Waals surface area contributed by atoms with Crippen molar-refractivity contribution in [1.29, 1.82) is 0 Å². The Morgan fingerprint density at radius 2 is 1.79 bits per heavy atom. The van der Waals surface area contributed by atoms with E-state index in [2.05, 4.69) is 19.2 Å². The van der Waals surface area contributed by atoms with Crippen molar-refractivity contribution >= 4 is 11.8 Å². The molecule has 0 bridgehead atoms. The Kier molecular flexibility index (Phi) is 7.58. The third kappa shape index (κ3) is 8.08. The fraction of sp³-hybridized carbons (Fsp3) is 1.00. The summed E-state index contributed by atoms with van der Waals surface area (Å²) in [6.45, 7) is 6.13. The molecule has 1 nitrogen and oxygen atoms in total. The van der Waals surface area contributed by atoms with Gasteiger partial charge in [-0.1, -0.05) is 51.3 Å². The van der Waals surface area contributed by atoms with Gasteiger partial charge in [-0.25, -0.2) is 0 Å². The molecule has 0 saturated heterocycles. The molecule has 0 spiro atoms. The second kappa shape index (κ2) is 8.40. The number of halogens is 3. The molecule has 5 heteroatoms. The number of nitrogens with one attached hydrogen (secondary N) is 1. The number of alkyl halides is 3. The van der Waals surface area contributed by atoms with Gasteiger partial charge in [0.15, 0.2) is 0 Å². The van der Waals surface area contributed by atoms with Crippen LogP contribution in [-0.2, 0) is 0 Å². The van der Waals surface area contributed by atoms with E-state index in [9.17, 15) is 13.2 Å². The van der Waals surface area contributed by atoms with Gasteiger partial charge < -0.3 is 5.32 Å². The molecule has 0 amide bonds. The van der Waals surface area contributed by atoms with Crippen molar-refractivity contribution in [1.82, 2.24) is 5.32 Å². The Hall–Kier alpha value is 0.100. The fourth-order valence-electron chi connectivity index (χ4n) is 2.82. The zero-order valence-corrected chi connectivity index (χ0v) is 12.7. The quantitative estimate of drug-likeness (QED) is 0.698. The van der Waals surface area contributed by atoms with E-state index in [1.54, 1.807) is 0 Å². The average Bonchev–Trinajstić information content (AvgIpc) is 2.78. The van der Waals surface area contributed by atoms with E-state index in [0.29, 0.717) is 24.2 Å². The molecule has 1 aliphatic carbocycles. The van der Waals surface area contributed by atoms with E-state index in [-0.39, 0.29) is 17.5 Å². The number of hydrogen-bond acceptors (Lipinski definition) is 2. The number of thioether (sulfide) groups is 1. The first-order valence-corrected chi connectivity index (χ1v) is 8.28. The van der Waals surface area contributed by atoms with E-state index in [0.717, 1.165) is 13.1 Å². The maximum absolute atomic E-state index is 12.2. The van der Waals surface area contributed by atoms with Crippen molar-refractivity contribution in [2.75, 3.05) is 18.8 Å². The molecular formula is C14H26F3NS. The molecule has 114 valence electrons. The molecule has 0 heterocycles. The van der Waals surface area contributed by atoms with Gasteiger partial charge >= 0.3 is 5.51 Å². The van der Waals surface area contributed by atoms with Gasteiger partial charge in [0.1, 0.15) is 0 Å². The highest BCUT2D eigenvalue weighted by molar-refractivity contribution is 8.00. The SMILES string of the molecule is CC(C)CNCC(CCSC(F)(F)F)C1CCCC1.